The summed E-state index contributed by atoms with van der Waals surface area (Å²) in [5, 5.41) is 0.717. The number of halogens is 1. The highest BCUT2D eigenvalue weighted by Crippen LogP contribution is 2.39. The van der Waals surface area contributed by atoms with Crippen LogP contribution in [0, 0.1) is 0 Å². The lowest BCUT2D eigenvalue weighted by atomic mass is 10.0. The van der Waals surface area contributed by atoms with Crippen LogP contribution in [0.25, 0.3) is 5.03 Å². The fourth-order valence-electron chi connectivity index (χ4n) is 2.14. The summed E-state index contributed by atoms with van der Waals surface area (Å²) in [6, 6.07) is 15.6. The monoisotopic (exact) mass is 272 g/mol. The molecule has 1 aliphatic rings. The Morgan fingerprint density at radius 1 is 1.11 bits per heavy atom. The molecule has 1 unspecified atom stereocenters. The summed E-state index contributed by atoms with van der Waals surface area (Å²) in [6.45, 7) is 0. The first-order valence-electron chi connectivity index (χ1n) is 6.05. The Balaban J connectivity index is 1.98. The van der Waals surface area contributed by atoms with Crippen molar-refractivity contribution in [3.05, 3.63) is 65.7 Å². The Morgan fingerprint density at radius 3 is 2.79 bits per heavy atom. The van der Waals surface area contributed by atoms with Crippen molar-refractivity contribution in [3.63, 3.8) is 0 Å². The van der Waals surface area contributed by atoms with Gasteiger partial charge in [-0.05, 0) is 35.9 Å². The van der Waals surface area contributed by atoms with Gasteiger partial charge >= 0.3 is 0 Å². The van der Waals surface area contributed by atoms with Gasteiger partial charge in [0.1, 0.15) is 17.6 Å². The molecule has 19 heavy (non-hydrogen) atoms. The van der Waals surface area contributed by atoms with Crippen molar-refractivity contribution in [1.29, 1.82) is 0 Å². The first-order valence-corrected chi connectivity index (χ1v) is 6.43. The van der Waals surface area contributed by atoms with Gasteiger partial charge in [-0.2, -0.15) is 0 Å². The highest BCUT2D eigenvalue weighted by atomic mass is 35.5. The first kappa shape index (κ1) is 12.1. The minimum absolute atomic E-state index is 0.183. The van der Waals surface area contributed by atoms with E-state index < -0.39 is 0 Å². The predicted octanol–water partition coefficient (Wildman–Crippen LogP) is 4.41. The number of methoxy groups -OCH3 is 1. The molecule has 1 aliphatic heterocycles. The van der Waals surface area contributed by atoms with E-state index >= 15 is 0 Å². The Hall–Kier alpha value is -1.93. The van der Waals surface area contributed by atoms with Crippen molar-refractivity contribution < 1.29 is 9.47 Å². The highest BCUT2D eigenvalue weighted by Gasteiger charge is 2.20. The number of rotatable bonds is 2. The minimum atomic E-state index is -0.183. The van der Waals surface area contributed by atoms with Gasteiger partial charge < -0.3 is 9.47 Å². The largest absolute Gasteiger partial charge is 0.497 e. The Kier molecular flexibility index (Phi) is 3.18. The second-order valence-corrected chi connectivity index (χ2v) is 4.73. The lowest BCUT2D eigenvalue weighted by Gasteiger charge is -2.23. The van der Waals surface area contributed by atoms with Gasteiger partial charge in [0.05, 0.1) is 12.1 Å². The molecule has 0 aliphatic carbocycles. The third-order valence-electron chi connectivity index (χ3n) is 3.12. The van der Waals surface area contributed by atoms with Crippen LogP contribution in [0.4, 0.5) is 0 Å². The molecule has 0 saturated carbocycles. The van der Waals surface area contributed by atoms with Crippen molar-refractivity contribution >= 4 is 16.6 Å². The van der Waals surface area contributed by atoms with Gasteiger partial charge in [-0.15, -0.1) is 0 Å². The molecule has 0 N–H and O–H groups in total. The molecule has 0 spiro atoms. The highest BCUT2D eigenvalue weighted by molar-refractivity contribution is 6.49. The van der Waals surface area contributed by atoms with Crippen LogP contribution < -0.4 is 9.47 Å². The molecule has 96 valence electrons. The van der Waals surface area contributed by atoms with Crippen molar-refractivity contribution in [1.82, 2.24) is 0 Å². The number of para-hydroxylation sites is 1. The predicted molar refractivity (Wildman–Crippen MR) is 76.6 cm³/mol. The maximum atomic E-state index is 6.32. The fourth-order valence-corrected chi connectivity index (χ4v) is 2.41. The zero-order valence-electron chi connectivity index (χ0n) is 10.5. The second-order valence-electron chi connectivity index (χ2n) is 4.33. The van der Waals surface area contributed by atoms with E-state index in [9.17, 15) is 0 Å². The molecule has 1 atom stereocenters. The topological polar surface area (TPSA) is 18.5 Å². The van der Waals surface area contributed by atoms with E-state index in [-0.39, 0.29) is 6.10 Å². The van der Waals surface area contributed by atoms with Gasteiger partial charge in [-0.1, -0.05) is 35.9 Å². The molecule has 2 nitrogen and oxygen atoms in total. The van der Waals surface area contributed by atoms with Crippen LogP contribution in [0.5, 0.6) is 11.5 Å². The van der Waals surface area contributed by atoms with E-state index in [0.29, 0.717) is 0 Å². The number of benzene rings is 2. The Labute approximate surface area is 117 Å². The van der Waals surface area contributed by atoms with Crippen LogP contribution in [-0.4, -0.2) is 7.11 Å². The van der Waals surface area contributed by atoms with E-state index in [4.69, 9.17) is 21.1 Å². The van der Waals surface area contributed by atoms with Crippen molar-refractivity contribution in [2.24, 2.45) is 0 Å². The van der Waals surface area contributed by atoms with Crippen LogP contribution in [0.1, 0.15) is 17.2 Å². The van der Waals surface area contributed by atoms with Crippen LogP contribution in [0.15, 0.2) is 54.6 Å². The molecule has 2 aromatic carbocycles. The molecule has 0 aromatic heterocycles. The number of fused-ring (bicyclic) bond motifs is 1. The average Bonchev–Trinajstić information content (AvgIpc) is 2.47. The van der Waals surface area contributed by atoms with Crippen LogP contribution in [-0.2, 0) is 0 Å². The quantitative estimate of drug-likeness (QED) is 0.806. The molecule has 0 fully saturated rings. The van der Waals surface area contributed by atoms with E-state index in [1.54, 1.807) is 7.11 Å². The number of hydrogen-bond acceptors (Lipinski definition) is 2. The van der Waals surface area contributed by atoms with Gasteiger partial charge in [0.15, 0.2) is 0 Å². The van der Waals surface area contributed by atoms with Crippen molar-refractivity contribution in [2.45, 2.75) is 6.10 Å². The summed E-state index contributed by atoms with van der Waals surface area (Å²) in [4.78, 5) is 0. The van der Waals surface area contributed by atoms with Gasteiger partial charge in [-0.25, -0.2) is 0 Å². The molecule has 0 radical (unpaired) electrons. The molecule has 1 heterocycles. The molecule has 3 rings (SSSR count). The minimum Gasteiger partial charge on any atom is -0.497 e. The van der Waals surface area contributed by atoms with Gasteiger partial charge in [0, 0.05) is 5.56 Å². The summed E-state index contributed by atoms with van der Waals surface area (Å²) in [6.07, 6.45) is 1.73. The normalized spacial score (nSPS) is 17.2. The lowest BCUT2D eigenvalue weighted by molar-refractivity contribution is 0.250. The number of hydrogen-bond donors (Lipinski definition) is 0. The molecule has 3 heteroatoms. The number of ether oxygens (including phenoxy) is 2. The summed E-state index contributed by atoms with van der Waals surface area (Å²) in [5.74, 6) is 1.62. The maximum Gasteiger partial charge on any atom is 0.144 e. The molecule has 0 saturated heterocycles. The van der Waals surface area contributed by atoms with Gasteiger partial charge in [0.25, 0.3) is 0 Å². The van der Waals surface area contributed by atoms with Crippen LogP contribution in [0.3, 0.4) is 0 Å². The first-order chi connectivity index (χ1) is 9.28. The zero-order chi connectivity index (χ0) is 13.2. The third kappa shape index (κ3) is 2.32. The Morgan fingerprint density at radius 2 is 1.95 bits per heavy atom. The maximum absolute atomic E-state index is 6.32. The molecular formula is C16H13ClO2. The summed E-state index contributed by atoms with van der Waals surface area (Å²) < 4.78 is 11.2. The molecule has 2 aromatic rings. The van der Waals surface area contributed by atoms with E-state index in [1.807, 2.05) is 54.6 Å². The average molecular weight is 273 g/mol. The van der Waals surface area contributed by atoms with Gasteiger partial charge in [-0.3, -0.25) is 0 Å². The SMILES string of the molecule is COc1cccc(C2C=C(Cl)c3ccccc3O2)c1. The molecule has 0 amide bonds. The van der Waals surface area contributed by atoms with Gasteiger partial charge in [0.2, 0.25) is 0 Å². The van der Waals surface area contributed by atoms with E-state index in [2.05, 4.69) is 0 Å². The van der Waals surface area contributed by atoms with Crippen molar-refractivity contribution in [3.8, 4) is 11.5 Å². The summed E-state index contributed by atoms with van der Waals surface area (Å²) >= 11 is 6.32. The molecular weight excluding hydrogens is 260 g/mol. The summed E-state index contributed by atoms with van der Waals surface area (Å²) in [5.41, 5.74) is 1.95. The zero-order valence-corrected chi connectivity index (χ0v) is 11.2. The van der Waals surface area contributed by atoms with Crippen molar-refractivity contribution in [2.75, 3.05) is 7.11 Å². The smallest absolute Gasteiger partial charge is 0.144 e. The lowest BCUT2D eigenvalue weighted by Crippen LogP contribution is -2.10. The van der Waals surface area contributed by atoms with E-state index in [0.717, 1.165) is 27.7 Å². The Bertz CT molecular complexity index is 634. The van der Waals surface area contributed by atoms with E-state index in [1.165, 1.54) is 0 Å². The van der Waals surface area contributed by atoms with Crippen LogP contribution >= 0.6 is 11.6 Å². The standard InChI is InChI=1S/C16H13ClO2/c1-18-12-6-4-5-11(9-12)16-10-14(17)13-7-2-3-8-15(13)19-16/h2-10,16H,1H3. The second kappa shape index (κ2) is 4.98. The molecule has 0 bridgehead atoms. The fraction of sp³-hybridized carbons (Fsp3) is 0.125. The summed E-state index contributed by atoms with van der Waals surface area (Å²) in [7, 11) is 1.65. The third-order valence-corrected chi connectivity index (χ3v) is 3.45. The van der Waals surface area contributed by atoms with Crippen LogP contribution in [0.2, 0.25) is 0 Å².